The van der Waals surface area contributed by atoms with Gasteiger partial charge in [0.1, 0.15) is 0 Å². The molecule has 0 spiro atoms. The van der Waals surface area contributed by atoms with Crippen LogP contribution in [0.3, 0.4) is 0 Å². The molecule has 1 aliphatic rings. The second kappa shape index (κ2) is 3.95. The summed E-state index contributed by atoms with van der Waals surface area (Å²) in [6.45, 7) is 2.15. The average Bonchev–Trinajstić information content (AvgIpc) is 2.03. The van der Waals surface area contributed by atoms with Gasteiger partial charge in [0.2, 0.25) is 0 Å². The first-order valence-electron chi connectivity index (χ1n) is 3.75. The van der Waals surface area contributed by atoms with Crippen molar-refractivity contribution in [1.82, 2.24) is 0 Å². The third kappa shape index (κ3) is 2.11. The van der Waals surface area contributed by atoms with Gasteiger partial charge in [0.15, 0.2) is 0 Å². The Morgan fingerprint density at radius 1 is 1.70 bits per heavy atom. The number of allylic oxidation sites excluding steroid dienone is 4. The molecule has 0 aromatic carbocycles. The van der Waals surface area contributed by atoms with Crippen LogP contribution in [0.5, 0.6) is 0 Å². The standard InChI is InChI=1S/C10H12/c1-2-3-7-10-8-5-4-6-9-10/h3,5,7-8,10H,2,9H2,1H3/b7-3+. The molecule has 0 saturated heterocycles. The van der Waals surface area contributed by atoms with Crippen LogP contribution in [0.4, 0.5) is 0 Å². The van der Waals surface area contributed by atoms with E-state index in [0.717, 1.165) is 12.8 Å². The minimum atomic E-state index is 0.571. The molecular formula is C10H12. The Morgan fingerprint density at radius 2 is 2.60 bits per heavy atom. The third-order valence-corrected chi connectivity index (χ3v) is 1.49. The molecule has 0 nitrogen and oxygen atoms in total. The van der Waals surface area contributed by atoms with Gasteiger partial charge in [-0.2, -0.15) is 0 Å². The van der Waals surface area contributed by atoms with Gasteiger partial charge in [-0.1, -0.05) is 37.0 Å². The van der Waals surface area contributed by atoms with Crippen LogP contribution in [0.2, 0.25) is 0 Å². The monoisotopic (exact) mass is 132 g/mol. The zero-order valence-electron chi connectivity index (χ0n) is 6.30. The molecule has 1 aliphatic carbocycles. The quantitative estimate of drug-likeness (QED) is 0.400. The molecule has 1 rings (SSSR count). The van der Waals surface area contributed by atoms with Crippen LogP contribution in [0, 0.1) is 17.8 Å². The van der Waals surface area contributed by atoms with Crippen LogP contribution >= 0.6 is 0 Å². The van der Waals surface area contributed by atoms with Gasteiger partial charge in [0.25, 0.3) is 0 Å². The lowest BCUT2D eigenvalue weighted by Gasteiger charge is -2.02. The summed E-state index contributed by atoms with van der Waals surface area (Å²) in [4.78, 5) is 0. The molecule has 0 heterocycles. The summed E-state index contributed by atoms with van der Waals surface area (Å²) < 4.78 is 0. The van der Waals surface area contributed by atoms with E-state index in [0.29, 0.717) is 5.92 Å². The molecule has 52 valence electrons. The molecule has 1 atom stereocenters. The van der Waals surface area contributed by atoms with E-state index in [1.165, 1.54) is 0 Å². The lowest BCUT2D eigenvalue weighted by molar-refractivity contribution is 0.840. The first-order chi connectivity index (χ1) is 4.93. The molecular weight excluding hydrogens is 120 g/mol. The van der Waals surface area contributed by atoms with Crippen molar-refractivity contribution in [3.8, 4) is 11.8 Å². The Morgan fingerprint density at radius 3 is 3.20 bits per heavy atom. The molecule has 0 aromatic heterocycles. The fourth-order valence-electron chi connectivity index (χ4n) is 0.919. The van der Waals surface area contributed by atoms with Gasteiger partial charge in [0.05, 0.1) is 0 Å². The molecule has 1 unspecified atom stereocenters. The average molecular weight is 132 g/mol. The van der Waals surface area contributed by atoms with E-state index < -0.39 is 0 Å². The normalized spacial score (nSPS) is 22.7. The summed E-state index contributed by atoms with van der Waals surface area (Å²) in [7, 11) is 0. The largest absolute Gasteiger partial charge is 0.0976 e. The van der Waals surface area contributed by atoms with Crippen LogP contribution in [0.25, 0.3) is 0 Å². The second-order valence-electron chi connectivity index (χ2n) is 2.38. The molecule has 0 heteroatoms. The van der Waals surface area contributed by atoms with Crippen molar-refractivity contribution in [2.75, 3.05) is 0 Å². The Balaban J connectivity index is 2.40. The summed E-state index contributed by atoms with van der Waals surface area (Å²) >= 11 is 0. The maximum Gasteiger partial charge on any atom is 0.0190 e. The van der Waals surface area contributed by atoms with E-state index in [4.69, 9.17) is 0 Å². The second-order valence-corrected chi connectivity index (χ2v) is 2.38. The fraction of sp³-hybridized carbons (Fsp3) is 0.400. The number of hydrogen-bond acceptors (Lipinski definition) is 0. The van der Waals surface area contributed by atoms with Crippen LogP contribution in [-0.4, -0.2) is 0 Å². The number of rotatable bonds is 2. The van der Waals surface area contributed by atoms with E-state index in [-0.39, 0.29) is 0 Å². The van der Waals surface area contributed by atoms with Gasteiger partial charge in [-0.15, -0.1) is 0 Å². The maximum atomic E-state index is 3.06. The van der Waals surface area contributed by atoms with E-state index in [9.17, 15) is 0 Å². The summed E-state index contributed by atoms with van der Waals surface area (Å²) in [5.74, 6) is 6.55. The van der Waals surface area contributed by atoms with Crippen molar-refractivity contribution in [2.24, 2.45) is 5.92 Å². The van der Waals surface area contributed by atoms with Crippen LogP contribution in [0.1, 0.15) is 19.8 Å². The Labute approximate surface area is 62.6 Å². The van der Waals surface area contributed by atoms with Crippen molar-refractivity contribution in [1.29, 1.82) is 0 Å². The van der Waals surface area contributed by atoms with Crippen LogP contribution < -0.4 is 0 Å². The van der Waals surface area contributed by atoms with Crippen molar-refractivity contribution in [2.45, 2.75) is 19.8 Å². The highest BCUT2D eigenvalue weighted by Gasteiger charge is 1.97. The van der Waals surface area contributed by atoms with Gasteiger partial charge in [0, 0.05) is 12.3 Å². The van der Waals surface area contributed by atoms with E-state index in [1.54, 1.807) is 0 Å². The summed E-state index contributed by atoms with van der Waals surface area (Å²) in [5, 5.41) is 0. The van der Waals surface area contributed by atoms with Crippen molar-refractivity contribution in [3.63, 3.8) is 0 Å². The minimum Gasteiger partial charge on any atom is -0.0976 e. The van der Waals surface area contributed by atoms with Gasteiger partial charge in [-0.3, -0.25) is 0 Å². The molecule has 0 saturated carbocycles. The van der Waals surface area contributed by atoms with Crippen molar-refractivity contribution >= 4 is 0 Å². The molecule has 0 fully saturated rings. The summed E-state index contributed by atoms with van der Waals surface area (Å²) in [5.41, 5.74) is 0. The van der Waals surface area contributed by atoms with Gasteiger partial charge in [-0.25, -0.2) is 0 Å². The highest BCUT2D eigenvalue weighted by Crippen LogP contribution is 2.09. The third-order valence-electron chi connectivity index (χ3n) is 1.49. The first-order valence-corrected chi connectivity index (χ1v) is 3.75. The van der Waals surface area contributed by atoms with Crippen LogP contribution in [0.15, 0.2) is 24.3 Å². The molecule has 0 N–H and O–H groups in total. The van der Waals surface area contributed by atoms with Crippen LogP contribution in [-0.2, 0) is 0 Å². The van der Waals surface area contributed by atoms with Gasteiger partial charge >= 0.3 is 0 Å². The Kier molecular flexibility index (Phi) is 2.83. The predicted octanol–water partition coefficient (Wildman–Crippen LogP) is 2.53. The highest BCUT2D eigenvalue weighted by atomic mass is 14.0. The first kappa shape index (κ1) is 7.15. The van der Waals surface area contributed by atoms with Gasteiger partial charge < -0.3 is 0 Å². The molecule has 0 aliphatic heterocycles. The van der Waals surface area contributed by atoms with Gasteiger partial charge in [-0.05, 0) is 12.5 Å². The fourth-order valence-corrected chi connectivity index (χ4v) is 0.919. The SMILES string of the molecule is CC/C=C/C1C=CC#CC1. The maximum absolute atomic E-state index is 3.06. The van der Waals surface area contributed by atoms with E-state index >= 15 is 0 Å². The number of hydrogen-bond donors (Lipinski definition) is 0. The molecule has 0 amide bonds. The lowest BCUT2D eigenvalue weighted by atomic mass is 10.0. The van der Waals surface area contributed by atoms with Crippen molar-refractivity contribution < 1.29 is 0 Å². The summed E-state index contributed by atoms with van der Waals surface area (Å²) in [6, 6.07) is 0. The Bertz CT molecular complexity index is 198. The smallest absolute Gasteiger partial charge is 0.0190 e. The summed E-state index contributed by atoms with van der Waals surface area (Å²) in [6.07, 6.45) is 10.6. The zero-order valence-corrected chi connectivity index (χ0v) is 6.30. The minimum absolute atomic E-state index is 0.571. The predicted molar refractivity (Wildman–Crippen MR) is 44.5 cm³/mol. The molecule has 0 bridgehead atoms. The highest BCUT2D eigenvalue weighted by molar-refractivity contribution is 5.24. The Hall–Kier alpha value is -0.960. The van der Waals surface area contributed by atoms with E-state index in [2.05, 4.69) is 37.0 Å². The zero-order chi connectivity index (χ0) is 7.23. The topological polar surface area (TPSA) is 0 Å². The molecule has 0 aromatic rings. The molecule has 0 radical (unpaired) electrons. The molecule has 10 heavy (non-hydrogen) atoms. The lowest BCUT2D eigenvalue weighted by Crippen LogP contribution is -1.91. The van der Waals surface area contributed by atoms with Crippen molar-refractivity contribution in [3.05, 3.63) is 24.3 Å². The van der Waals surface area contributed by atoms with E-state index in [1.807, 2.05) is 6.08 Å².